The van der Waals surface area contributed by atoms with Crippen molar-refractivity contribution in [1.29, 1.82) is 0 Å². The molecule has 1 aromatic heterocycles. The maximum Gasteiger partial charge on any atom is 0.161 e. The second-order valence-corrected chi connectivity index (χ2v) is 5.85. The number of nitrogens with zero attached hydrogens (tertiary/aromatic N) is 1. The van der Waals surface area contributed by atoms with Crippen LogP contribution in [0.1, 0.15) is 36.9 Å². The van der Waals surface area contributed by atoms with E-state index in [1.165, 1.54) is 18.4 Å². The molecule has 5 nitrogen and oxygen atoms in total. The molecule has 110 valence electrons. The molecule has 3 N–H and O–H groups in total. The van der Waals surface area contributed by atoms with Crippen LogP contribution in [-0.4, -0.2) is 23.4 Å². The molecule has 2 aliphatic rings. The van der Waals surface area contributed by atoms with Gasteiger partial charge in [-0.25, -0.2) is 0 Å². The Morgan fingerprint density at radius 1 is 1.05 bits per heavy atom. The molecule has 1 aromatic carbocycles. The van der Waals surface area contributed by atoms with Crippen LogP contribution in [0.15, 0.2) is 24.3 Å². The number of nitrogens with two attached hydrogens (primary N) is 1. The molecule has 0 spiro atoms. The minimum atomic E-state index is -0.0273. The van der Waals surface area contributed by atoms with Gasteiger partial charge in [0.1, 0.15) is 19.0 Å². The van der Waals surface area contributed by atoms with E-state index in [0.29, 0.717) is 19.0 Å². The lowest BCUT2D eigenvalue weighted by Crippen LogP contribution is -2.25. The van der Waals surface area contributed by atoms with Gasteiger partial charge in [0.15, 0.2) is 11.5 Å². The lowest BCUT2D eigenvalue weighted by Gasteiger charge is -2.30. The molecule has 0 atom stereocenters. The fourth-order valence-corrected chi connectivity index (χ4v) is 3.62. The van der Waals surface area contributed by atoms with Crippen LogP contribution >= 0.6 is 0 Å². The topological polar surface area (TPSA) is 73.2 Å². The van der Waals surface area contributed by atoms with Gasteiger partial charge in [-0.1, -0.05) is 18.9 Å². The van der Waals surface area contributed by atoms with Crippen molar-refractivity contribution in [3.05, 3.63) is 35.5 Å². The van der Waals surface area contributed by atoms with Crippen molar-refractivity contribution < 1.29 is 9.47 Å². The van der Waals surface area contributed by atoms with Crippen molar-refractivity contribution in [2.45, 2.75) is 31.1 Å². The number of rotatable bonds is 2. The van der Waals surface area contributed by atoms with E-state index in [0.717, 1.165) is 30.0 Å². The van der Waals surface area contributed by atoms with Crippen molar-refractivity contribution in [2.24, 2.45) is 0 Å². The number of nitrogen functional groups attached to an aromatic ring is 1. The van der Waals surface area contributed by atoms with E-state index in [9.17, 15) is 0 Å². The summed E-state index contributed by atoms with van der Waals surface area (Å²) in [6.45, 7) is 1.23. The average Bonchev–Trinajstić information content (AvgIpc) is 3.16. The molecule has 0 unspecified atom stereocenters. The van der Waals surface area contributed by atoms with Crippen LogP contribution in [0.25, 0.3) is 0 Å². The van der Waals surface area contributed by atoms with Crippen molar-refractivity contribution in [3.63, 3.8) is 0 Å². The average molecular weight is 285 g/mol. The molecule has 0 radical (unpaired) electrons. The van der Waals surface area contributed by atoms with Crippen molar-refractivity contribution in [2.75, 3.05) is 18.9 Å². The normalized spacial score (nSPS) is 19.6. The first kappa shape index (κ1) is 12.6. The zero-order chi connectivity index (χ0) is 14.3. The van der Waals surface area contributed by atoms with Crippen LogP contribution in [0.5, 0.6) is 11.5 Å². The Morgan fingerprint density at radius 2 is 1.81 bits per heavy atom. The number of nitrogens with one attached hydrogen (secondary N) is 1. The molecule has 5 heteroatoms. The van der Waals surface area contributed by atoms with Crippen LogP contribution in [0, 0.1) is 0 Å². The van der Waals surface area contributed by atoms with Crippen LogP contribution in [0.4, 0.5) is 5.82 Å². The number of benzene rings is 1. The van der Waals surface area contributed by atoms with Crippen LogP contribution in [0.2, 0.25) is 0 Å². The number of aromatic nitrogens is 2. The largest absolute Gasteiger partial charge is 0.486 e. The SMILES string of the molecule is Nc1cc(C2(c3ccc4c(c3)OCCO4)CCCC2)[nH]n1. The highest BCUT2D eigenvalue weighted by molar-refractivity contribution is 5.50. The number of fused-ring (bicyclic) bond motifs is 1. The van der Waals surface area contributed by atoms with E-state index < -0.39 is 0 Å². The van der Waals surface area contributed by atoms with E-state index in [1.54, 1.807) is 0 Å². The van der Waals surface area contributed by atoms with Crippen molar-refractivity contribution in [3.8, 4) is 11.5 Å². The monoisotopic (exact) mass is 285 g/mol. The third-order valence-electron chi connectivity index (χ3n) is 4.67. The van der Waals surface area contributed by atoms with Gasteiger partial charge in [0.05, 0.1) is 0 Å². The van der Waals surface area contributed by atoms with E-state index in [1.807, 2.05) is 12.1 Å². The van der Waals surface area contributed by atoms with Crippen LogP contribution in [-0.2, 0) is 5.41 Å². The van der Waals surface area contributed by atoms with Crippen LogP contribution in [0.3, 0.4) is 0 Å². The Labute approximate surface area is 123 Å². The van der Waals surface area contributed by atoms with Gasteiger partial charge in [0, 0.05) is 17.2 Å². The molecule has 1 saturated carbocycles. The van der Waals surface area contributed by atoms with Crippen LogP contribution < -0.4 is 15.2 Å². The first-order chi connectivity index (χ1) is 10.3. The summed E-state index contributed by atoms with van der Waals surface area (Å²) in [7, 11) is 0. The molecule has 21 heavy (non-hydrogen) atoms. The Balaban J connectivity index is 1.81. The maximum atomic E-state index is 5.81. The van der Waals surface area contributed by atoms with E-state index >= 15 is 0 Å². The summed E-state index contributed by atoms with van der Waals surface area (Å²) in [5, 5.41) is 7.24. The molecule has 0 saturated heterocycles. The maximum absolute atomic E-state index is 5.81. The number of H-pyrrole nitrogens is 1. The molecule has 0 bridgehead atoms. The quantitative estimate of drug-likeness (QED) is 0.889. The summed E-state index contributed by atoms with van der Waals surface area (Å²) in [5.74, 6) is 2.23. The summed E-state index contributed by atoms with van der Waals surface area (Å²) >= 11 is 0. The van der Waals surface area contributed by atoms with E-state index in [4.69, 9.17) is 15.2 Å². The van der Waals surface area contributed by atoms with Gasteiger partial charge >= 0.3 is 0 Å². The summed E-state index contributed by atoms with van der Waals surface area (Å²) in [6, 6.07) is 8.25. The molecule has 2 aromatic rings. The predicted octanol–water partition coefficient (Wildman–Crippen LogP) is 2.62. The Hall–Kier alpha value is -2.17. The summed E-state index contributed by atoms with van der Waals surface area (Å²) in [4.78, 5) is 0. The minimum Gasteiger partial charge on any atom is -0.486 e. The minimum absolute atomic E-state index is 0.0273. The molecule has 1 fully saturated rings. The smallest absolute Gasteiger partial charge is 0.161 e. The van der Waals surface area contributed by atoms with Gasteiger partial charge in [-0.3, -0.25) is 5.10 Å². The first-order valence-electron chi connectivity index (χ1n) is 7.49. The highest BCUT2D eigenvalue weighted by Crippen LogP contribution is 2.48. The molecular weight excluding hydrogens is 266 g/mol. The second kappa shape index (κ2) is 4.69. The molecule has 4 rings (SSSR count). The number of hydrogen-bond donors (Lipinski definition) is 2. The summed E-state index contributed by atoms with van der Waals surface area (Å²) in [5.41, 5.74) is 8.14. The zero-order valence-electron chi connectivity index (χ0n) is 11.9. The Bertz CT molecular complexity index is 659. The predicted molar refractivity (Wildman–Crippen MR) is 79.7 cm³/mol. The first-order valence-corrected chi connectivity index (χ1v) is 7.49. The zero-order valence-corrected chi connectivity index (χ0v) is 11.9. The number of hydrogen-bond acceptors (Lipinski definition) is 4. The third kappa shape index (κ3) is 1.95. The van der Waals surface area contributed by atoms with Crippen molar-refractivity contribution in [1.82, 2.24) is 10.2 Å². The van der Waals surface area contributed by atoms with Gasteiger partial charge in [0.2, 0.25) is 0 Å². The van der Waals surface area contributed by atoms with Gasteiger partial charge in [0.25, 0.3) is 0 Å². The molecule has 0 amide bonds. The standard InChI is InChI=1S/C16H19N3O2/c17-15-10-14(18-19-15)16(5-1-2-6-16)11-3-4-12-13(9-11)21-8-7-20-12/h3-4,9-10H,1-2,5-8H2,(H3,17,18,19). The van der Waals surface area contributed by atoms with Crippen molar-refractivity contribution >= 4 is 5.82 Å². The van der Waals surface area contributed by atoms with E-state index in [-0.39, 0.29) is 5.41 Å². The van der Waals surface area contributed by atoms with Gasteiger partial charge in [-0.2, -0.15) is 5.10 Å². The fourth-order valence-electron chi connectivity index (χ4n) is 3.62. The highest BCUT2D eigenvalue weighted by atomic mass is 16.6. The summed E-state index contributed by atoms with van der Waals surface area (Å²) in [6.07, 6.45) is 4.64. The highest BCUT2D eigenvalue weighted by Gasteiger charge is 2.39. The third-order valence-corrected chi connectivity index (χ3v) is 4.67. The lowest BCUT2D eigenvalue weighted by molar-refractivity contribution is 0.171. The lowest BCUT2D eigenvalue weighted by atomic mass is 9.76. The number of aromatic amines is 1. The number of anilines is 1. The van der Waals surface area contributed by atoms with Gasteiger partial charge < -0.3 is 15.2 Å². The summed E-state index contributed by atoms with van der Waals surface area (Å²) < 4.78 is 11.4. The Kier molecular flexibility index (Phi) is 2.80. The fraction of sp³-hybridized carbons (Fsp3) is 0.438. The number of ether oxygens (including phenoxy) is 2. The second-order valence-electron chi connectivity index (χ2n) is 5.85. The molecule has 1 aliphatic heterocycles. The van der Waals surface area contributed by atoms with Gasteiger partial charge in [-0.05, 0) is 30.5 Å². The molecule has 2 heterocycles. The molecule has 1 aliphatic carbocycles. The Morgan fingerprint density at radius 3 is 2.52 bits per heavy atom. The van der Waals surface area contributed by atoms with Gasteiger partial charge in [-0.15, -0.1) is 0 Å². The molecular formula is C16H19N3O2. The van der Waals surface area contributed by atoms with E-state index in [2.05, 4.69) is 22.3 Å².